The first-order valence-electron chi connectivity index (χ1n) is 7.78. The van der Waals surface area contributed by atoms with Gasteiger partial charge in [0.05, 0.1) is 22.7 Å². The largest absolute Gasteiger partial charge is 0.545 e. The molecule has 1 heterocycles. The zero-order valence-electron chi connectivity index (χ0n) is 12.6. The highest BCUT2D eigenvalue weighted by Gasteiger charge is 2.40. The third kappa shape index (κ3) is 2.40. The van der Waals surface area contributed by atoms with E-state index in [1.54, 1.807) is 6.07 Å². The molecule has 1 aliphatic carbocycles. The first-order valence-corrected chi connectivity index (χ1v) is 8.54. The Bertz CT molecular complexity index is 845. The molecule has 2 aromatic carbocycles. The number of nitrogens with one attached hydrogen (secondary N) is 1. The SMILES string of the molecule is O=C([O-])c1ccc(Cl)c2c1[C@@H]1C=CC[C@@H]1[C@H](c1ccc(Cl)cc1)N2. The molecular formula is C19H14Cl2NO2-. The standard InChI is InChI=1S/C19H15Cl2NO2/c20-11-6-4-10(5-7-11)17-13-3-1-2-12(13)16-14(19(23)24)8-9-15(21)18(16)22-17/h1-2,4-9,12-13,17,22H,3H2,(H,23,24)/p-1/t12-,13+,17+/m1/s1. The van der Waals surface area contributed by atoms with Crippen LogP contribution in [0, 0.1) is 5.92 Å². The van der Waals surface area contributed by atoms with Gasteiger partial charge in [-0.25, -0.2) is 0 Å². The molecule has 0 saturated carbocycles. The van der Waals surface area contributed by atoms with E-state index in [4.69, 9.17) is 23.2 Å². The van der Waals surface area contributed by atoms with Gasteiger partial charge in [-0.15, -0.1) is 0 Å². The van der Waals surface area contributed by atoms with Crippen molar-refractivity contribution in [1.82, 2.24) is 0 Å². The Labute approximate surface area is 149 Å². The minimum Gasteiger partial charge on any atom is -0.545 e. The quantitative estimate of drug-likeness (QED) is 0.819. The molecule has 0 bridgehead atoms. The highest BCUT2D eigenvalue weighted by molar-refractivity contribution is 6.33. The van der Waals surface area contributed by atoms with E-state index in [1.807, 2.05) is 24.3 Å². The lowest BCUT2D eigenvalue weighted by Gasteiger charge is -2.39. The number of fused-ring (bicyclic) bond motifs is 3. The van der Waals surface area contributed by atoms with E-state index in [1.165, 1.54) is 6.07 Å². The van der Waals surface area contributed by atoms with E-state index < -0.39 is 5.97 Å². The van der Waals surface area contributed by atoms with Crippen LogP contribution in [-0.4, -0.2) is 5.97 Å². The maximum Gasteiger partial charge on any atom is 0.0719 e. The van der Waals surface area contributed by atoms with Crippen LogP contribution in [0.3, 0.4) is 0 Å². The monoisotopic (exact) mass is 358 g/mol. The number of carboxylic acid groups (broad SMARTS) is 1. The van der Waals surface area contributed by atoms with Crippen molar-refractivity contribution in [2.24, 2.45) is 5.92 Å². The van der Waals surface area contributed by atoms with Crippen LogP contribution in [-0.2, 0) is 0 Å². The Morgan fingerprint density at radius 2 is 1.88 bits per heavy atom. The molecule has 0 radical (unpaired) electrons. The molecule has 2 aliphatic rings. The maximum absolute atomic E-state index is 11.5. The zero-order chi connectivity index (χ0) is 16.8. The van der Waals surface area contributed by atoms with Crippen LogP contribution in [0.5, 0.6) is 0 Å². The number of carbonyl (C=O) groups is 1. The minimum absolute atomic E-state index is 0.00790. The molecule has 122 valence electrons. The van der Waals surface area contributed by atoms with Gasteiger partial charge in [0.25, 0.3) is 0 Å². The highest BCUT2D eigenvalue weighted by Crippen LogP contribution is 2.52. The van der Waals surface area contributed by atoms with Crippen LogP contribution >= 0.6 is 23.2 Å². The van der Waals surface area contributed by atoms with Gasteiger partial charge in [-0.3, -0.25) is 0 Å². The number of hydrogen-bond donors (Lipinski definition) is 1. The number of hydrogen-bond acceptors (Lipinski definition) is 3. The molecule has 0 fully saturated rings. The van der Waals surface area contributed by atoms with Crippen molar-refractivity contribution < 1.29 is 9.90 Å². The maximum atomic E-state index is 11.5. The molecule has 0 unspecified atom stereocenters. The van der Waals surface area contributed by atoms with Crippen LogP contribution in [0.1, 0.15) is 39.9 Å². The van der Waals surface area contributed by atoms with Gasteiger partial charge in [-0.2, -0.15) is 0 Å². The average molecular weight is 359 g/mol. The Hall–Kier alpha value is -1.97. The fourth-order valence-electron chi connectivity index (χ4n) is 3.85. The summed E-state index contributed by atoms with van der Waals surface area (Å²) in [5.74, 6) is -0.933. The van der Waals surface area contributed by atoms with Crippen LogP contribution < -0.4 is 10.4 Å². The molecule has 0 aromatic heterocycles. The van der Waals surface area contributed by atoms with E-state index in [9.17, 15) is 9.90 Å². The fourth-order valence-corrected chi connectivity index (χ4v) is 4.20. The van der Waals surface area contributed by atoms with Gasteiger partial charge in [0.1, 0.15) is 0 Å². The Kier molecular flexibility index (Phi) is 3.78. The first-order chi connectivity index (χ1) is 11.6. The fraction of sp³-hybridized carbons (Fsp3) is 0.211. The predicted molar refractivity (Wildman–Crippen MR) is 93.6 cm³/mol. The number of anilines is 1. The first kappa shape index (κ1) is 15.6. The molecule has 1 aliphatic heterocycles. The molecule has 0 spiro atoms. The number of halogens is 2. The molecular weight excluding hydrogens is 345 g/mol. The van der Waals surface area contributed by atoms with Crippen molar-refractivity contribution in [2.75, 3.05) is 5.32 Å². The molecule has 4 rings (SSSR count). The summed E-state index contributed by atoms with van der Waals surface area (Å²) in [5, 5.41) is 16.2. The summed E-state index contributed by atoms with van der Waals surface area (Å²) in [4.78, 5) is 11.5. The lowest BCUT2D eigenvalue weighted by Crippen LogP contribution is -2.32. The van der Waals surface area contributed by atoms with Gasteiger partial charge in [0.2, 0.25) is 0 Å². The molecule has 3 atom stereocenters. The van der Waals surface area contributed by atoms with Crippen LogP contribution in [0.15, 0.2) is 48.6 Å². The van der Waals surface area contributed by atoms with Crippen molar-refractivity contribution in [3.8, 4) is 0 Å². The van der Waals surface area contributed by atoms with Gasteiger partial charge in [0.15, 0.2) is 0 Å². The van der Waals surface area contributed by atoms with Gasteiger partial charge in [-0.05, 0) is 41.7 Å². The topological polar surface area (TPSA) is 52.2 Å². The molecule has 1 N–H and O–H groups in total. The Morgan fingerprint density at radius 1 is 1.12 bits per heavy atom. The van der Waals surface area contributed by atoms with E-state index in [2.05, 4.69) is 17.5 Å². The highest BCUT2D eigenvalue weighted by atomic mass is 35.5. The van der Waals surface area contributed by atoms with Crippen molar-refractivity contribution in [3.63, 3.8) is 0 Å². The van der Waals surface area contributed by atoms with E-state index in [0.29, 0.717) is 15.7 Å². The molecule has 5 heteroatoms. The van der Waals surface area contributed by atoms with E-state index >= 15 is 0 Å². The van der Waals surface area contributed by atoms with Gasteiger partial charge < -0.3 is 15.2 Å². The molecule has 2 aromatic rings. The summed E-state index contributed by atoms with van der Waals surface area (Å²) in [6.45, 7) is 0. The summed E-state index contributed by atoms with van der Waals surface area (Å²) in [6, 6.07) is 10.9. The average Bonchev–Trinajstić information content (AvgIpc) is 3.05. The second-order valence-corrected chi connectivity index (χ2v) is 7.04. The minimum atomic E-state index is -1.17. The number of carboxylic acids is 1. The number of benzene rings is 2. The summed E-state index contributed by atoms with van der Waals surface area (Å²) < 4.78 is 0. The van der Waals surface area contributed by atoms with E-state index in [-0.39, 0.29) is 23.4 Å². The lowest BCUT2D eigenvalue weighted by atomic mass is 9.75. The normalized spacial score (nSPS) is 24.2. The summed E-state index contributed by atoms with van der Waals surface area (Å²) in [6.07, 6.45) is 5.06. The number of allylic oxidation sites excluding steroid dienone is 2. The summed E-state index contributed by atoms with van der Waals surface area (Å²) in [5.41, 5.74) is 2.73. The molecule has 0 saturated heterocycles. The van der Waals surface area contributed by atoms with Crippen molar-refractivity contribution in [2.45, 2.75) is 18.4 Å². The van der Waals surface area contributed by atoms with Crippen LogP contribution in [0.2, 0.25) is 10.0 Å². The summed E-state index contributed by atoms with van der Waals surface area (Å²) >= 11 is 12.4. The van der Waals surface area contributed by atoms with Crippen molar-refractivity contribution in [3.05, 3.63) is 75.3 Å². The smallest absolute Gasteiger partial charge is 0.0719 e. The van der Waals surface area contributed by atoms with Gasteiger partial charge in [-0.1, -0.05) is 53.6 Å². The van der Waals surface area contributed by atoms with Crippen LogP contribution in [0.25, 0.3) is 0 Å². The number of rotatable bonds is 2. The number of aromatic carboxylic acids is 1. The zero-order valence-corrected chi connectivity index (χ0v) is 14.1. The Morgan fingerprint density at radius 3 is 2.58 bits per heavy atom. The van der Waals surface area contributed by atoms with Gasteiger partial charge >= 0.3 is 0 Å². The van der Waals surface area contributed by atoms with Crippen molar-refractivity contribution >= 4 is 34.9 Å². The third-order valence-electron chi connectivity index (χ3n) is 4.92. The summed E-state index contributed by atoms with van der Waals surface area (Å²) in [7, 11) is 0. The number of carbonyl (C=O) groups excluding carboxylic acids is 1. The predicted octanol–water partition coefficient (Wildman–Crippen LogP) is 4.18. The van der Waals surface area contributed by atoms with Crippen molar-refractivity contribution in [1.29, 1.82) is 0 Å². The Balaban J connectivity index is 1.86. The molecule has 24 heavy (non-hydrogen) atoms. The molecule has 3 nitrogen and oxygen atoms in total. The lowest BCUT2D eigenvalue weighted by molar-refractivity contribution is -0.255. The second-order valence-electron chi connectivity index (χ2n) is 6.20. The second kappa shape index (κ2) is 5.83. The molecule has 0 amide bonds. The third-order valence-corrected chi connectivity index (χ3v) is 5.48. The van der Waals surface area contributed by atoms with Gasteiger partial charge in [0, 0.05) is 16.5 Å². The van der Waals surface area contributed by atoms with Crippen LogP contribution in [0.4, 0.5) is 5.69 Å². The van der Waals surface area contributed by atoms with E-state index in [0.717, 1.165) is 17.5 Å².